The van der Waals surface area contributed by atoms with Gasteiger partial charge in [0.05, 0.1) is 5.56 Å². The van der Waals surface area contributed by atoms with Crippen molar-refractivity contribution >= 4 is 49.6 Å². The van der Waals surface area contributed by atoms with Crippen LogP contribution in [-0.4, -0.2) is 52.4 Å². The molecule has 0 saturated carbocycles. The van der Waals surface area contributed by atoms with Gasteiger partial charge in [-0.15, -0.1) is 0 Å². The lowest BCUT2D eigenvalue weighted by Gasteiger charge is -2.20. The summed E-state index contributed by atoms with van der Waals surface area (Å²) in [5, 5.41) is 3.66. The number of aromatic nitrogens is 1. The van der Waals surface area contributed by atoms with E-state index in [4.69, 9.17) is 4.74 Å². The zero-order valence-corrected chi connectivity index (χ0v) is 23.8. The molecule has 1 aliphatic heterocycles. The number of ether oxygens (including phenoxy) is 1. The third kappa shape index (κ3) is 6.35. The van der Waals surface area contributed by atoms with E-state index in [1.165, 1.54) is 38.6 Å². The average Bonchev–Trinajstić information content (AvgIpc) is 3.13. The van der Waals surface area contributed by atoms with Crippen molar-refractivity contribution in [2.75, 3.05) is 20.2 Å². The van der Waals surface area contributed by atoms with Gasteiger partial charge in [-0.25, -0.2) is 9.18 Å². The zero-order chi connectivity index (χ0) is 27.6. The number of halogens is 1. The van der Waals surface area contributed by atoms with Crippen molar-refractivity contribution in [3.8, 4) is 11.3 Å². The Bertz CT molecular complexity index is 1370. The van der Waals surface area contributed by atoms with E-state index in [2.05, 4.69) is 10.3 Å². The van der Waals surface area contributed by atoms with E-state index >= 15 is 0 Å². The molecule has 0 fully saturated rings. The van der Waals surface area contributed by atoms with Crippen LogP contribution >= 0.6 is 21.6 Å². The molecule has 10 heteroatoms. The molecule has 38 heavy (non-hydrogen) atoms. The SMILES string of the molecule is C[C@@H](COC(=O)N(C)Cc1ccc(-c2[nH]c3cc(F)cc4c3c2CCNC4=O)cc1)SSC(=O)C(C)(C)C. The standard InChI is InChI=1S/C28H32FN3O4S2/c1-16(37-38-26(34)28(2,3)4)15-36-27(35)32(5)14-17-6-8-18(9-7-17)24-20-10-11-30-25(33)21-12-19(29)13-22(31-24)23(20)21/h6-9,12-13,16,31H,10-11,14-15H2,1-5H3,(H,30,33)/t16-/m0/s1. The summed E-state index contributed by atoms with van der Waals surface area (Å²) in [7, 11) is 4.28. The smallest absolute Gasteiger partial charge is 0.409 e. The van der Waals surface area contributed by atoms with Crippen molar-refractivity contribution in [3.63, 3.8) is 0 Å². The van der Waals surface area contributed by atoms with Gasteiger partial charge in [0.25, 0.3) is 5.91 Å². The zero-order valence-electron chi connectivity index (χ0n) is 22.1. The molecule has 2 heterocycles. The topological polar surface area (TPSA) is 91.5 Å². The molecule has 7 nitrogen and oxygen atoms in total. The predicted octanol–water partition coefficient (Wildman–Crippen LogP) is 6.17. The van der Waals surface area contributed by atoms with Crippen LogP contribution in [0.5, 0.6) is 0 Å². The fraction of sp³-hybridized carbons (Fsp3) is 0.393. The minimum atomic E-state index is -0.459. The summed E-state index contributed by atoms with van der Waals surface area (Å²) >= 11 is 0. The van der Waals surface area contributed by atoms with Crippen molar-refractivity contribution < 1.29 is 23.5 Å². The molecule has 2 aromatic carbocycles. The second-order valence-corrected chi connectivity index (χ2v) is 13.1. The monoisotopic (exact) mass is 557 g/mol. The average molecular weight is 558 g/mol. The first-order valence-corrected chi connectivity index (χ1v) is 14.6. The maximum Gasteiger partial charge on any atom is 0.409 e. The molecule has 2 amide bonds. The third-order valence-electron chi connectivity index (χ3n) is 6.19. The third-order valence-corrected chi connectivity index (χ3v) is 9.24. The number of rotatable bonds is 7. The van der Waals surface area contributed by atoms with Crippen LogP contribution in [0.4, 0.5) is 9.18 Å². The van der Waals surface area contributed by atoms with Crippen LogP contribution < -0.4 is 5.32 Å². The molecule has 0 unspecified atom stereocenters. The maximum absolute atomic E-state index is 14.2. The quantitative estimate of drug-likeness (QED) is 0.338. The fourth-order valence-electron chi connectivity index (χ4n) is 4.13. The molecule has 2 N–H and O–H groups in total. The van der Waals surface area contributed by atoms with Crippen molar-refractivity contribution in [1.29, 1.82) is 0 Å². The highest BCUT2D eigenvalue weighted by molar-refractivity contribution is 8.82. The summed E-state index contributed by atoms with van der Waals surface area (Å²) in [6.45, 7) is 8.60. The van der Waals surface area contributed by atoms with E-state index in [1.54, 1.807) is 7.05 Å². The molecule has 0 bridgehead atoms. The molecule has 3 aromatic rings. The number of carbonyl (C=O) groups is 3. The molecule has 0 saturated heterocycles. The first-order valence-electron chi connectivity index (χ1n) is 12.4. The van der Waals surface area contributed by atoms with Gasteiger partial charge in [0.2, 0.25) is 5.12 Å². The molecule has 4 rings (SSSR count). The molecule has 1 atom stereocenters. The number of amides is 2. The van der Waals surface area contributed by atoms with E-state index in [0.717, 1.165) is 27.8 Å². The van der Waals surface area contributed by atoms with Gasteiger partial charge in [0.1, 0.15) is 12.4 Å². The highest BCUT2D eigenvalue weighted by Crippen LogP contribution is 2.36. The predicted molar refractivity (Wildman–Crippen MR) is 152 cm³/mol. The van der Waals surface area contributed by atoms with Crippen LogP contribution in [0.25, 0.3) is 22.2 Å². The van der Waals surface area contributed by atoms with Crippen molar-refractivity contribution in [2.24, 2.45) is 5.41 Å². The number of benzene rings is 2. The maximum atomic E-state index is 14.2. The van der Waals surface area contributed by atoms with E-state index in [0.29, 0.717) is 30.6 Å². The first kappa shape index (κ1) is 28.0. The number of nitrogens with zero attached hydrogens (tertiary/aromatic N) is 1. The summed E-state index contributed by atoms with van der Waals surface area (Å²) in [4.78, 5) is 41.8. The van der Waals surface area contributed by atoms with Gasteiger partial charge >= 0.3 is 6.09 Å². The van der Waals surface area contributed by atoms with E-state index < -0.39 is 17.3 Å². The van der Waals surface area contributed by atoms with Gasteiger partial charge < -0.3 is 19.9 Å². The molecule has 0 radical (unpaired) electrons. The van der Waals surface area contributed by atoms with Crippen LogP contribution in [0, 0.1) is 11.2 Å². The van der Waals surface area contributed by atoms with E-state index in [1.807, 2.05) is 52.0 Å². The number of hydrogen-bond donors (Lipinski definition) is 2. The number of nitrogens with one attached hydrogen (secondary N) is 2. The normalized spacial score (nSPS) is 14.1. The van der Waals surface area contributed by atoms with E-state index in [-0.39, 0.29) is 22.9 Å². The number of aromatic amines is 1. The highest BCUT2D eigenvalue weighted by Gasteiger charge is 2.25. The van der Waals surface area contributed by atoms with Gasteiger partial charge in [-0.2, -0.15) is 0 Å². The molecular weight excluding hydrogens is 525 g/mol. The van der Waals surface area contributed by atoms with Crippen molar-refractivity contribution in [3.05, 3.63) is 58.9 Å². The van der Waals surface area contributed by atoms with Crippen LogP contribution in [0.3, 0.4) is 0 Å². The van der Waals surface area contributed by atoms with Crippen LogP contribution in [-0.2, 0) is 22.5 Å². The lowest BCUT2D eigenvalue weighted by atomic mass is 9.99. The highest BCUT2D eigenvalue weighted by atomic mass is 33.1. The van der Waals surface area contributed by atoms with Gasteiger partial charge in [0.15, 0.2) is 0 Å². The van der Waals surface area contributed by atoms with Gasteiger partial charge in [-0.3, -0.25) is 9.59 Å². The Kier molecular flexibility index (Phi) is 8.42. The van der Waals surface area contributed by atoms with Crippen LogP contribution in [0.1, 0.15) is 49.2 Å². The lowest BCUT2D eigenvalue weighted by molar-refractivity contribution is -0.117. The Hall–Kier alpha value is -2.98. The van der Waals surface area contributed by atoms with Gasteiger partial charge in [0, 0.05) is 47.4 Å². The second-order valence-electron chi connectivity index (χ2n) is 10.5. The molecule has 0 aliphatic carbocycles. The van der Waals surface area contributed by atoms with Gasteiger partial charge in [-0.1, -0.05) is 55.8 Å². The second kappa shape index (κ2) is 11.4. The summed E-state index contributed by atoms with van der Waals surface area (Å²) in [5.74, 6) is -0.728. The Morgan fingerprint density at radius 1 is 1.18 bits per heavy atom. The molecular formula is C28H32FN3O4S2. The largest absolute Gasteiger partial charge is 0.448 e. The van der Waals surface area contributed by atoms with Crippen molar-refractivity contribution in [1.82, 2.24) is 15.2 Å². The molecule has 202 valence electrons. The minimum Gasteiger partial charge on any atom is -0.448 e. The lowest BCUT2D eigenvalue weighted by Crippen LogP contribution is -2.28. The Balaban J connectivity index is 1.38. The number of H-pyrrole nitrogens is 1. The summed E-state index contributed by atoms with van der Waals surface area (Å²) in [5.41, 5.74) is 4.21. The number of carbonyl (C=O) groups excluding carboxylic acids is 3. The minimum absolute atomic E-state index is 0.0241. The fourth-order valence-corrected chi connectivity index (χ4v) is 6.43. The summed E-state index contributed by atoms with van der Waals surface area (Å²) < 4.78 is 19.6. The van der Waals surface area contributed by atoms with Crippen LogP contribution in [0.2, 0.25) is 0 Å². The van der Waals surface area contributed by atoms with Crippen molar-refractivity contribution in [2.45, 2.75) is 45.9 Å². The first-order chi connectivity index (χ1) is 17.9. The van der Waals surface area contributed by atoms with Crippen LogP contribution in [0.15, 0.2) is 36.4 Å². The van der Waals surface area contributed by atoms with Gasteiger partial charge in [-0.05, 0) is 53.0 Å². The number of hydrogen-bond acceptors (Lipinski definition) is 6. The molecule has 1 aliphatic rings. The Labute approximate surface area is 229 Å². The molecule has 0 spiro atoms. The summed E-state index contributed by atoms with van der Waals surface area (Å²) in [6, 6.07) is 10.5. The molecule has 1 aromatic heterocycles. The Morgan fingerprint density at radius 3 is 2.58 bits per heavy atom. The Morgan fingerprint density at radius 2 is 1.89 bits per heavy atom. The summed E-state index contributed by atoms with van der Waals surface area (Å²) in [6.07, 6.45) is 0.201. The van der Waals surface area contributed by atoms with E-state index in [9.17, 15) is 18.8 Å².